The van der Waals surface area contributed by atoms with E-state index in [4.69, 9.17) is 4.74 Å². The van der Waals surface area contributed by atoms with Crippen molar-refractivity contribution in [3.05, 3.63) is 24.3 Å². The van der Waals surface area contributed by atoms with Gasteiger partial charge in [0.05, 0.1) is 25.4 Å². The molecule has 0 rings (SSSR count). The number of aliphatic hydroxyl groups excluding tert-OH is 2. The van der Waals surface area contributed by atoms with E-state index in [1.807, 2.05) is 0 Å². The number of unbranched alkanes of at least 4 members (excludes halogenated alkanes) is 51. The third kappa shape index (κ3) is 63.4. The van der Waals surface area contributed by atoms with E-state index in [1.165, 1.54) is 308 Å². The Hall–Kier alpha value is -1.66. The Morgan fingerprint density at radius 3 is 1.00 bits per heavy atom. The summed E-state index contributed by atoms with van der Waals surface area (Å²) >= 11 is 0. The van der Waals surface area contributed by atoms with Gasteiger partial charge < -0.3 is 20.3 Å². The summed E-state index contributed by atoms with van der Waals surface area (Å²) in [5, 5.41) is 23.4. The second kappa shape index (κ2) is 66.8. The number of allylic oxidation sites excluding steroid dienone is 4. The smallest absolute Gasteiger partial charge is 0.305 e. The van der Waals surface area contributed by atoms with Crippen molar-refractivity contribution in [2.45, 2.75) is 405 Å². The quantitative estimate of drug-likeness (QED) is 0.0320. The first kappa shape index (κ1) is 75.3. The summed E-state index contributed by atoms with van der Waals surface area (Å²) in [6.07, 6.45) is 83.6. The molecule has 0 spiro atoms. The summed E-state index contributed by atoms with van der Waals surface area (Å²) in [4.78, 5) is 24.6. The Labute approximate surface area is 481 Å². The fourth-order valence-electron chi connectivity index (χ4n) is 11.1. The number of hydrogen-bond acceptors (Lipinski definition) is 5. The zero-order valence-corrected chi connectivity index (χ0v) is 52.2. The minimum atomic E-state index is -0.664. The van der Waals surface area contributed by atoms with Crippen LogP contribution in [0.2, 0.25) is 0 Å². The van der Waals surface area contributed by atoms with Crippen LogP contribution in [0, 0.1) is 0 Å². The predicted octanol–water partition coefficient (Wildman–Crippen LogP) is 22.5. The van der Waals surface area contributed by atoms with Crippen molar-refractivity contribution in [3.8, 4) is 0 Å². The molecule has 0 aliphatic carbocycles. The topological polar surface area (TPSA) is 95.9 Å². The van der Waals surface area contributed by atoms with Crippen molar-refractivity contribution >= 4 is 11.9 Å². The van der Waals surface area contributed by atoms with Crippen LogP contribution in [-0.2, 0) is 14.3 Å². The molecule has 0 saturated carbocycles. The van der Waals surface area contributed by atoms with Crippen molar-refractivity contribution in [1.29, 1.82) is 0 Å². The minimum Gasteiger partial charge on any atom is -0.466 e. The zero-order valence-electron chi connectivity index (χ0n) is 52.2. The monoisotopic (exact) mass is 1080 g/mol. The van der Waals surface area contributed by atoms with Crippen molar-refractivity contribution in [2.75, 3.05) is 13.2 Å². The first-order valence-corrected chi connectivity index (χ1v) is 35.1. The van der Waals surface area contributed by atoms with Crippen LogP contribution < -0.4 is 5.32 Å². The van der Waals surface area contributed by atoms with Gasteiger partial charge in [-0.1, -0.05) is 346 Å². The Kier molecular flexibility index (Phi) is 65.4. The highest BCUT2D eigenvalue weighted by molar-refractivity contribution is 5.76. The average molecular weight is 1080 g/mol. The Bertz CT molecular complexity index is 1200. The van der Waals surface area contributed by atoms with Crippen LogP contribution in [-0.4, -0.2) is 47.4 Å². The lowest BCUT2D eigenvalue weighted by Gasteiger charge is -2.22. The normalized spacial score (nSPS) is 12.6. The van der Waals surface area contributed by atoms with Crippen molar-refractivity contribution in [1.82, 2.24) is 5.32 Å². The molecule has 456 valence electrons. The molecule has 0 fully saturated rings. The first-order valence-electron chi connectivity index (χ1n) is 35.1. The van der Waals surface area contributed by atoms with Crippen LogP contribution >= 0.6 is 0 Å². The van der Waals surface area contributed by atoms with Crippen molar-refractivity contribution in [3.63, 3.8) is 0 Å². The molecule has 77 heavy (non-hydrogen) atoms. The molecule has 0 radical (unpaired) electrons. The van der Waals surface area contributed by atoms with E-state index < -0.39 is 12.1 Å². The molecular formula is C71H137NO5. The van der Waals surface area contributed by atoms with Gasteiger partial charge in [-0.05, 0) is 57.8 Å². The average Bonchev–Trinajstić information content (AvgIpc) is 3.43. The number of carbonyl (C=O) groups excluding carboxylic acids is 2. The molecule has 1 amide bonds. The number of hydrogen-bond donors (Lipinski definition) is 3. The maximum absolute atomic E-state index is 12.5. The summed E-state index contributed by atoms with van der Waals surface area (Å²) in [7, 11) is 0. The molecule has 0 bridgehead atoms. The van der Waals surface area contributed by atoms with Crippen LogP contribution in [0.3, 0.4) is 0 Å². The summed E-state index contributed by atoms with van der Waals surface area (Å²) in [6, 6.07) is -0.541. The predicted molar refractivity (Wildman–Crippen MR) is 338 cm³/mol. The molecule has 6 heteroatoms. The van der Waals surface area contributed by atoms with Gasteiger partial charge in [0, 0.05) is 12.8 Å². The molecule has 0 heterocycles. The van der Waals surface area contributed by atoms with E-state index in [9.17, 15) is 19.8 Å². The van der Waals surface area contributed by atoms with Crippen LogP contribution in [0.15, 0.2) is 24.3 Å². The van der Waals surface area contributed by atoms with E-state index in [2.05, 4.69) is 43.5 Å². The summed E-state index contributed by atoms with van der Waals surface area (Å²) in [5.74, 6) is -0.0269. The van der Waals surface area contributed by atoms with Crippen molar-refractivity contribution in [2.24, 2.45) is 0 Å². The lowest BCUT2D eigenvalue weighted by Crippen LogP contribution is -2.45. The molecule has 0 aromatic rings. The number of rotatable bonds is 66. The van der Waals surface area contributed by atoms with Crippen LogP contribution in [0.25, 0.3) is 0 Å². The number of nitrogens with one attached hydrogen (secondary N) is 1. The van der Waals surface area contributed by atoms with E-state index in [1.54, 1.807) is 0 Å². The van der Waals surface area contributed by atoms with Crippen LogP contribution in [0.1, 0.15) is 393 Å². The molecule has 0 aliphatic rings. The van der Waals surface area contributed by atoms with Gasteiger partial charge in [-0.2, -0.15) is 0 Å². The van der Waals surface area contributed by atoms with Gasteiger partial charge in [0.1, 0.15) is 0 Å². The second-order valence-electron chi connectivity index (χ2n) is 24.2. The van der Waals surface area contributed by atoms with Crippen LogP contribution in [0.5, 0.6) is 0 Å². The molecule has 0 aromatic heterocycles. The fraction of sp³-hybridized carbons (Fsp3) is 0.915. The lowest BCUT2D eigenvalue weighted by molar-refractivity contribution is -0.143. The van der Waals surface area contributed by atoms with Gasteiger partial charge >= 0.3 is 5.97 Å². The number of amides is 1. The number of aliphatic hydroxyl groups is 2. The maximum atomic E-state index is 12.5. The Morgan fingerprint density at radius 1 is 0.364 bits per heavy atom. The van der Waals surface area contributed by atoms with Crippen LogP contribution in [0.4, 0.5) is 0 Å². The third-order valence-corrected chi connectivity index (χ3v) is 16.5. The number of carbonyl (C=O) groups is 2. The van der Waals surface area contributed by atoms with E-state index in [0.717, 1.165) is 51.4 Å². The van der Waals surface area contributed by atoms with E-state index in [0.29, 0.717) is 25.9 Å². The van der Waals surface area contributed by atoms with Gasteiger partial charge in [0.15, 0.2) is 0 Å². The molecule has 0 aliphatic heterocycles. The third-order valence-electron chi connectivity index (χ3n) is 16.5. The molecule has 2 unspecified atom stereocenters. The number of esters is 1. The van der Waals surface area contributed by atoms with Gasteiger partial charge in [0.25, 0.3) is 0 Å². The standard InChI is InChI=1S/C71H137NO5/c1-3-5-7-9-11-13-15-17-19-21-22-29-32-35-39-43-47-51-55-59-63-69(74)68(67-73)72-70(75)64-60-56-52-48-44-40-36-33-30-27-25-23-24-26-28-31-34-38-42-46-50-54-58-62-66-77-71(76)65-61-57-53-49-45-41-37-20-18-16-14-12-10-8-6-4-2/h14,16,20,37,68-69,73-74H,3-13,15,17-19,21-36,38-67H2,1-2H3,(H,72,75)/b16-14-,37-20-. The van der Waals surface area contributed by atoms with Gasteiger partial charge in [0.2, 0.25) is 5.91 Å². The summed E-state index contributed by atoms with van der Waals surface area (Å²) in [6.45, 7) is 4.97. The van der Waals surface area contributed by atoms with E-state index in [-0.39, 0.29) is 18.5 Å². The van der Waals surface area contributed by atoms with Gasteiger partial charge in [-0.15, -0.1) is 0 Å². The first-order chi connectivity index (χ1) is 38.0. The molecule has 2 atom stereocenters. The largest absolute Gasteiger partial charge is 0.466 e. The molecule has 3 N–H and O–H groups in total. The minimum absolute atomic E-state index is 0.00285. The van der Waals surface area contributed by atoms with Gasteiger partial charge in [-0.25, -0.2) is 0 Å². The highest BCUT2D eigenvalue weighted by atomic mass is 16.5. The maximum Gasteiger partial charge on any atom is 0.305 e. The fourth-order valence-corrected chi connectivity index (χ4v) is 11.1. The second-order valence-corrected chi connectivity index (χ2v) is 24.2. The molecule has 0 aromatic carbocycles. The number of ether oxygens (including phenoxy) is 1. The zero-order chi connectivity index (χ0) is 55.7. The lowest BCUT2D eigenvalue weighted by atomic mass is 10.0. The van der Waals surface area contributed by atoms with Crippen molar-refractivity contribution < 1.29 is 24.5 Å². The Morgan fingerprint density at radius 2 is 0.649 bits per heavy atom. The summed E-state index contributed by atoms with van der Waals surface area (Å²) in [5.41, 5.74) is 0. The SMILES string of the molecule is CCCCCC/C=C\C/C=C\CCCCCCCC(=O)OCCCCCCCCCCCCCCCCCCCCCCCCCCC(=O)NC(CO)C(O)CCCCCCCCCCCCCCCCCCCCCC. The van der Waals surface area contributed by atoms with E-state index >= 15 is 0 Å². The Balaban J connectivity index is 3.37. The molecule has 6 nitrogen and oxygen atoms in total. The molecule has 0 saturated heterocycles. The molecular weight excluding hydrogens is 947 g/mol. The highest BCUT2D eigenvalue weighted by Crippen LogP contribution is 2.19. The summed E-state index contributed by atoms with van der Waals surface area (Å²) < 4.78 is 5.49. The van der Waals surface area contributed by atoms with Gasteiger partial charge in [-0.3, -0.25) is 9.59 Å². The highest BCUT2D eigenvalue weighted by Gasteiger charge is 2.20.